The quantitative estimate of drug-likeness (QED) is 0.784. The van der Waals surface area contributed by atoms with E-state index in [-0.39, 0.29) is 18.8 Å². The Labute approximate surface area is 124 Å². The molecule has 1 saturated heterocycles. The number of hydrogen-bond acceptors (Lipinski definition) is 5. The molecule has 1 fully saturated rings. The third-order valence-electron chi connectivity index (χ3n) is 3.62. The van der Waals surface area contributed by atoms with Gasteiger partial charge < -0.3 is 19.1 Å². The summed E-state index contributed by atoms with van der Waals surface area (Å²) in [4.78, 5) is 14.5. The number of fused-ring (bicyclic) bond motifs is 1. The van der Waals surface area contributed by atoms with E-state index >= 15 is 0 Å². The van der Waals surface area contributed by atoms with Gasteiger partial charge in [0.25, 0.3) is 0 Å². The summed E-state index contributed by atoms with van der Waals surface area (Å²) in [5.74, 6) is 1.34. The Balaban J connectivity index is 1.79. The first-order valence-corrected chi connectivity index (χ1v) is 7.33. The van der Waals surface area contributed by atoms with Crippen LogP contribution in [0.4, 0.5) is 5.69 Å². The highest BCUT2D eigenvalue weighted by atomic mass is 16.7. The maximum absolute atomic E-state index is 12.4. The predicted molar refractivity (Wildman–Crippen MR) is 78.8 cm³/mol. The lowest BCUT2D eigenvalue weighted by Crippen LogP contribution is -2.40. The van der Waals surface area contributed by atoms with Gasteiger partial charge in [-0.15, -0.1) is 0 Å². The van der Waals surface area contributed by atoms with E-state index in [0.717, 1.165) is 36.6 Å². The number of carbonyl (C=O) groups is 1. The minimum Gasteiger partial charge on any atom is -0.458 e. The molecule has 5 nitrogen and oxygen atoms in total. The predicted octanol–water partition coefficient (Wildman–Crippen LogP) is 2.73. The minimum absolute atomic E-state index is 0.155. The largest absolute Gasteiger partial charge is 0.458 e. The summed E-state index contributed by atoms with van der Waals surface area (Å²) >= 11 is 0. The van der Waals surface area contributed by atoms with E-state index in [1.807, 2.05) is 39.0 Å². The van der Waals surface area contributed by atoms with Crippen LogP contribution in [0.2, 0.25) is 0 Å². The molecule has 2 aliphatic rings. The van der Waals surface area contributed by atoms with Crippen molar-refractivity contribution in [3.05, 3.63) is 18.2 Å². The van der Waals surface area contributed by atoms with E-state index in [1.165, 1.54) is 0 Å². The van der Waals surface area contributed by atoms with Gasteiger partial charge >= 0.3 is 5.97 Å². The highest BCUT2D eigenvalue weighted by Gasteiger charge is 2.34. The molecule has 1 aromatic rings. The zero-order valence-electron chi connectivity index (χ0n) is 12.7. The molecule has 21 heavy (non-hydrogen) atoms. The van der Waals surface area contributed by atoms with Crippen LogP contribution >= 0.6 is 0 Å². The lowest BCUT2D eigenvalue weighted by atomic mass is 10.1. The molecule has 0 aliphatic carbocycles. The zero-order valence-corrected chi connectivity index (χ0v) is 12.7. The van der Waals surface area contributed by atoms with E-state index in [4.69, 9.17) is 14.2 Å². The van der Waals surface area contributed by atoms with Gasteiger partial charge in [0, 0.05) is 18.3 Å². The molecule has 0 amide bonds. The first-order chi connectivity index (χ1) is 9.94. The number of hydrogen-bond donors (Lipinski definition) is 0. The second kappa shape index (κ2) is 5.13. The molecule has 3 rings (SSSR count). The summed E-state index contributed by atoms with van der Waals surface area (Å²) in [5, 5.41) is 0. The van der Waals surface area contributed by atoms with Gasteiger partial charge in [0.1, 0.15) is 11.6 Å². The smallest absolute Gasteiger partial charge is 0.329 e. The number of benzene rings is 1. The summed E-state index contributed by atoms with van der Waals surface area (Å²) in [6.07, 6.45) is 1.81. The van der Waals surface area contributed by atoms with Crippen molar-refractivity contribution in [1.29, 1.82) is 0 Å². The highest BCUT2D eigenvalue weighted by Crippen LogP contribution is 2.37. The van der Waals surface area contributed by atoms with Crippen LogP contribution in [0.25, 0.3) is 0 Å². The Kier molecular flexibility index (Phi) is 3.43. The Hall–Kier alpha value is -1.91. The van der Waals surface area contributed by atoms with Gasteiger partial charge in [-0.1, -0.05) is 0 Å². The number of carbonyl (C=O) groups excluding carboxylic acids is 1. The van der Waals surface area contributed by atoms with Gasteiger partial charge in [-0.2, -0.15) is 0 Å². The van der Waals surface area contributed by atoms with Crippen molar-refractivity contribution < 1.29 is 19.0 Å². The molecule has 0 aromatic heterocycles. The summed E-state index contributed by atoms with van der Waals surface area (Å²) < 4.78 is 16.3. The van der Waals surface area contributed by atoms with Gasteiger partial charge in [0.15, 0.2) is 11.5 Å². The van der Waals surface area contributed by atoms with Crippen molar-refractivity contribution >= 4 is 11.7 Å². The van der Waals surface area contributed by atoms with Crippen molar-refractivity contribution in [2.45, 2.75) is 45.3 Å². The number of nitrogens with zero attached hydrogens (tertiary/aromatic N) is 1. The monoisotopic (exact) mass is 291 g/mol. The first kappa shape index (κ1) is 14.0. The average molecular weight is 291 g/mol. The molecular weight excluding hydrogens is 270 g/mol. The molecule has 0 N–H and O–H groups in total. The minimum atomic E-state index is -0.458. The van der Waals surface area contributed by atoms with E-state index in [1.54, 1.807) is 0 Å². The van der Waals surface area contributed by atoms with Crippen molar-refractivity contribution in [2.24, 2.45) is 0 Å². The van der Waals surface area contributed by atoms with E-state index in [0.29, 0.717) is 0 Å². The highest BCUT2D eigenvalue weighted by molar-refractivity contribution is 5.81. The first-order valence-electron chi connectivity index (χ1n) is 7.33. The Morgan fingerprint density at radius 1 is 1.29 bits per heavy atom. The van der Waals surface area contributed by atoms with Crippen LogP contribution < -0.4 is 14.4 Å². The summed E-state index contributed by atoms with van der Waals surface area (Å²) in [6, 6.07) is 5.58. The molecular formula is C16H21NO4. The maximum atomic E-state index is 12.4. The van der Waals surface area contributed by atoms with E-state index in [2.05, 4.69) is 4.90 Å². The SMILES string of the molecule is CC(C)(C)OC(=O)[C@@H]1CCCN1c1ccc2c(c1)OCO2. The molecule has 114 valence electrons. The standard InChI is InChI=1S/C16H21NO4/c1-16(2,3)21-15(18)12-5-4-8-17(12)11-6-7-13-14(9-11)20-10-19-13/h6-7,9,12H,4-5,8,10H2,1-3H3/t12-/m0/s1. The van der Waals surface area contributed by atoms with Gasteiger partial charge in [-0.3, -0.25) is 0 Å². The van der Waals surface area contributed by atoms with Crippen LogP contribution in [0.5, 0.6) is 11.5 Å². The van der Waals surface area contributed by atoms with Crippen LogP contribution in [0.3, 0.4) is 0 Å². The molecule has 5 heteroatoms. The van der Waals surface area contributed by atoms with Gasteiger partial charge in [0.05, 0.1) is 0 Å². The van der Waals surface area contributed by atoms with Gasteiger partial charge in [0.2, 0.25) is 6.79 Å². The second-order valence-corrected chi connectivity index (χ2v) is 6.42. The van der Waals surface area contributed by atoms with Crippen molar-refractivity contribution in [3.8, 4) is 11.5 Å². The number of rotatable bonds is 2. The van der Waals surface area contributed by atoms with Crippen LogP contribution in [0.1, 0.15) is 33.6 Å². The molecule has 0 spiro atoms. The van der Waals surface area contributed by atoms with E-state index < -0.39 is 5.60 Å². The fourth-order valence-corrected chi connectivity index (χ4v) is 2.75. The molecule has 2 heterocycles. The molecule has 0 unspecified atom stereocenters. The van der Waals surface area contributed by atoms with Gasteiger partial charge in [-0.05, 0) is 45.7 Å². The summed E-state index contributed by atoms with van der Waals surface area (Å²) in [7, 11) is 0. The van der Waals surface area contributed by atoms with Crippen LogP contribution in [-0.2, 0) is 9.53 Å². The van der Waals surface area contributed by atoms with Crippen LogP contribution in [-0.4, -0.2) is 30.9 Å². The van der Waals surface area contributed by atoms with Crippen LogP contribution in [0, 0.1) is 0 Å². The van der Waals surface area contributed by atoms with Crippen LogP contribution in [0.15, 0.2) is 18.2 Å². The fraction of sp³-hybridized carbons (Fsp3) is 0.562. The molecule has 0 radical (unpaired) electrons. The van der Waals surface area contributed by atoms with Crippen molar-refractivity contribution in [1.82, 2.24) is 0 Å². The molecule has 1 aromatic carbocycles. The number of esters is 1. The van der Waals surface area contributed by atoms with Crippen molar-refractivity contribution in [2.75, 3.05) is 18.2 Å². The third-order valence-corrected chi connectivity index (χ3v) is 3.62. The number of anilines is 1. The molecule has 1 atom stereocenters. The summed E-state index contributed by atoms with van der Waals surface area (Å²) in [5.41, 5.74) is 0.521. The second-order valence-electron chi connectivity index (χ2n) is 6.42. The normalized spacial score (nSPS) is 20.7. The zero-order chi connectivity index (χ0) is 15.0. The topological polar surface area (TPSA) is 48.0 Å². The average Bonchev–Trinajstić information content (AvgIpc) is 3.04. The van der Waals surface area contributed by atoms with Crippen molar-refractivity contribution in [3.63, 3.8) is 0 Å². The third kappa shape index (κ3) is 2.91. The fourth-order valence-electron chi connectivity index (χ4n) is 2.75. The molecule has 2 aliphatic heterocycles. The Morgan fingerprint density at radius 3 is 2.81 bits per heavy atom. The molecule has 0 bridgehead atoms. The summed E-state index contributed by atoms with van der Waals surface area (Å²) in [6.45, 7) is 6.79. The Morgan fingerprint density at radius 2 is 2.05 bits per heavy atom. The lowest BCUT2D eigenvalue weighted by molar-refractivity contribution is -0.156. The molecule has 0 saturated carbocycles. The van der Waals surface area contributed by atoms with E-state index in [9.17, 15) is 4.79 Å². The Bertz CT molecular complexity index is 550. The lowest BCUT2D eigenvalue weighted by Gasteiger charge is -2.28. The van der Waals surface area contributed by atoms with Gasteiger partial charge in [-0.25, -0.2) is 4.79 Å². The maximum Gasteiger partial charge on any atom is 0.329 e. The number of ether oxygens (including phenoxy) is 3.